The number of benzene rings is 2. The van der Waals surface area contributed by atoms with Crippen LogP contribution in [0.5, 0.6) is 0 Å². The summed E-state index contributed by atoms with van der Waals surface area (Å²) in [5.41, 5.74) is 0.972. The summed E-state index contributed by atoms with van der Waals surface area (Å²) >= 11 is 0. The number of rotatable bonds is 7. The third-order valence-electron chi connectivity index (χ3n) is 6.68. The predicted molar refractivity (Wildman–Crippen MR) is 125 cm³/mol. The van der Waals surface area contributed by atoms with Crippen molar-refractivity contribution in [1.29, 1.82) is 0 Å². The monoisotopic (exact) mass is 469 g/mol. The van der Waals surface area contributed by atoms with Crippen LogP contribution in [0.1, 0.15) is 53.9 Å². The van der Waals surface area contributed by atoms with Crippen molar-refractivity contribution in [2.24, 2.45) is 5.92 Å². The van der Waals surface area contributed by atoms with Gasteiger partial charge in [-0.05, 0) is 74.3 Å². The molecule has 3 aromatic rings. The van der Waals surface area contributed by atoms with Gasteiger partial charge < -0.3 is 9.32 Å². The first-order valence-electron chi connectivity index (χ1n) is 11.8. The Morgan fingerprint density at radius 1 is 0.941 bits per heavy atom. The molecule has 0 saturated heterocycles. The lowest BCUT2D eigenvalue weighted by molar-refractivity contribution is -0.138. The topological polar surface area (TPSA) is 33.5 Å². The van der Waals surface area contributed by atoms with Gasteiger partial charge >= 0.3 is 6.18 Å². The summed E-state index contributed by atoms with van der Waals surface area (Å²) in [4.78, 5) is 15.2. The predicted octanol–water partition coefficient (Wildman–Crippen LogP) is 6.98. The van der Waals surface area contributed by atoms with E-state index < -0.39 is 11.7 Å². The van der Waals surface area contributed by atoms with Crippen LogP contribution in [0.15, 0.2) is 71.1 Å². The van der Waals surface area contributed by atoms with Crippen molar-refractivity contribution in [1.82, 2.24) is 4.90 Å². The summed E-state index contributed by atoms with van der Waals surface area (Å²) in [6.07, 6.45) is 0.337. The smallest absolute Gasteiger partial charge is 0.416 e. The summed E-state index contributed by atoms with van der Waals surface area (Å²) in [6, 6.07) is 19.3. The standard InChI is InChI=1S/C28H30F3NO2/c1-20-10-15-26(34-20)19-32(27(33)18-23-8-5-9-24(17-23)28(29,30)31)25-13-11-22(12-14-25)16-21-6-3-2-4-7-21/h2-10,15,17,22,25H,11-14,16,18-19H2,1H3. The molecule has 2 aromatic carbocycles. The van der Waals surface area contributed by atoms with Gasteiger partial charge in [-0.2, -0.15) is 13.2 Å². The van der Waals surface area contributed by atoms with Crippen molar-refractivity contribution in [3.8, 4) is 0 Å². The molecule has 1 aliphatic carbocycles. The van der Waals surface area contributed by atoms with Crippen molar-refractivity contribution < 1.29 is 22.4 Å². The highest BCUT2D eigenvalue weighted by atomic mass is 19.4. The Hall–Kier alpha value is -3.02. The fraction of sp³-hybridized carbons (Fsp3) is 0.393. The van der Waals surface area contributed by atoms with Gasteiger partial charge in [0, 0.05) is 6.04 Å². The molecule has 1 fully saturated rings. The lowest BCUT2D eigenvalue weighted by Crippen LogP contribution is -2.42. The number of alkyl halides is 3. The molecule has 34 heavy (non-hydrogen) atoms. The van der Waals surface area contributed by atoms with Gasteiger partial charge in [0.2, 0.25) is 5.91 Å². The molecule has 1 saturated carbocycles. The van der Waals surface area contributed by atoms with Crippen LogP contribution in [-0.2, 0) is 30.4 Å². The SMILES string of the molecule is Cc1ccc(CN(C(=O)Cc2cccc(C(F)(F)F)c2)C2CCC(Cc3ccccc3)CC2)o1. The van der Waals surface area contributed by atoms with Crippen molar-refractivity contribution in [3.05, 3.63) is 94.9 Å². The fourth-order valence-corrected chi connectivity index (χ4v) is 4.90. The third kappa shape index (κ3) is 6.31. The maximum atomic E-state index is 13.4. The minimum absolute atomic E-state index is 0.0516. The molecule has 1 amide bonds. The molecule has 4 rings (SSSR count). The van der Waals surface area contributed by atoms with E-state index in [9.17, 15) is 18.0 Å². The molecule has 3 nitrogen and oxygen atoms in total. The van der Waals surface area contributed by atoms with Gasteiger partial charge in [0.25, 0.3) is 0 Å². The van der Waals surface area contributed by atoms with Gasteiger partial charge in [-0.1, -0.05) is 48.5 Å². The Morgan fingerprint density at radius 2 is 1.65 bits per heavy atom. The van der Waals surface area contributed by atoms with Gasteiger partial charge in [-0.25, -0.2) is 0 Å². The molecular formula is C28H30F3NO2. The number of hydrogen-bond acceptors (Lipinski definition) is 2. The number of carbonyl (C=O) groups excluding carboxylic acids is 1. The lowest BCUT2D eigenvalue weighted by Gasteiger charge is -2.37. The Morgan fingerprint density at radius 3 is 2.29 bits per heavy atom. The van der Waals surface area contributed by atoms with E-state index >= 15 is 0 Å². The van der Waals surface area contributed by atoms with Crippen LogP contribution in [0.3, 0.4) is 0 Å². The number of amides is 1. The van der Waals surface area contributed by atoms with E-state index in [4.69, 9.17) is 4.42 Å². The van der Waals surface area contributed by atoms with Gasteiger partial charge in [0.05, 0.1) is 18.5 Å². The summed E-state index contributed by atoms with van der Waals surface area (Å²) in [5.74, 6) is 1.87. The van der Waals surface area contributed by atoms with E-state index in [1.807, 2.05) is 30.0 Å². The second-order valence-electron chi connectivity index (χ2n) is 9.27. The number of hydrogen-bond donors (Lipinski definition) is 0. The van der Waals surface area contributed by atoms with Crippen LogP contribution in [0, 0.1) is 12.8 Å². The normalized spacial score (nSPS) is 18.6. The zero-order valence-electron chi connectivity index (χ0n) is 19.4. The average Bonchev–Trinajstić information content (AvgIpc) is 3.23. The molecule has 0 N–H and O–H groups in total. The molecule has 0 bridgehead atoms. The van der Waals surface area contributed by atoms with Crippen LogP contribution in [0.25, 0.3) is 0 Å². The summed E-state index contributed by atoms with van der Waals surface area (Å²) in [5, 5.41) is 0. The Kier molecular flexibility index (Phi) is 7.44. The third-order valence-corrected chi connectivity index (χ3v) is 6.68. The van der Waals surface area contributed by atoms with Crippen molar-refractivity contribution in [3.63, 3.8) is 0 Å². The van der Waals surface area contributed by atoms with Crippen LogP contribution < -0.4 is 0 Å². The van der Waals surface area contributed by atoms with E-state index in [0.717, 1.165) is 50.0 Å². The molecule has 1 heterocycles. The molecule has 1 aromatic heterocycles. The number of furan rings is 1. The minimum Gasteiger partial charge on any atom is -0.464 e. The Bertz CT molecular complexity index is 1080. The zero-order valence-corrected chi connectivity index (χ0v) is 19.4. The van der Waals surface area contributed by atoms with Crippen molar-refractivity contribution in [2.45, 2.75) is 64.2 Å². The van der Waals surface area contributed by atoms with E-state index in [2.05, 4.69) is 24.3 Å². The highest BCUT2D eigenvalue weighted by Crippen LogP contribution is 2.32. The zero-order chi connectivity index (χ0) is 24.1. The largest absolute Gasteiger partial charge is 0.464 e. The molecule has 6 heteroatoms. The minimum atomic E-state index is -4.43. The van der Waals surface area contributed by atoms with Gasteiger partial charge in [0.1, 0.15) is 11.5 Å². The highest BCUT2D eigenvalue weighted by molar-refractivity contribution is 5.79. The fourth-order valence-electron chi connectivity index (χ4n) is 4.90. The molecule has 0 spiro atoms. The van der Waals surface area contributed by atoms with Crippen LogP contribution in [-0.4, -0.2) is 16.8 Å². The van der Waals surface area contributed by atoms with Crippen molar-refractivity contribution in [2.75, 3.05) is 0 Å². The molecule has 180 valence electrons. The Labute approximate surface area is 198 Å². The summed E-state index contributed by atoms with van der Waals surface area (Å²) < 4.78 is 45.1. The number of aryl methyl sites for hydroxylation is 1. The van der Waals surface area contributed by atoms with E-state index in [1.165, 1.54) is 11.6 Å². The van der Waals surface area contributed by atoms with E-state index in [1.54, 1.807) is 6.07 Å². The first kappa shape index (κ1) is 24.1. The molecule has 0 aliphatic heterocycles. The van der Waals surface area contributed by atoms with Crippen LogP contribution in [0.4, 0.5) is 13.2 Å². The van der Waals surface area contributed by atoms with Crippen molar-refractivity contribution >= 4 is 5.91 Å². The number of nitrogens with zero attached hydrogens (tertiary/aromatic N) is 1. The van der Waals surface area contributed by atoms with Gasteiger partial charge in [-0.15, -0.1) is 0 Å². The number of halogens is 3. The second-order valence-corrected chi connectivity index (χ2v) is 9.27. The van der Waals surface area contributed by atoms with E-state index in [-0.39, 0.29) is 18.4 Å². The molecule has 0 atom stereocenters. The first-order chi connectivity index (χ1) is 16.3. The van der Waals surface area contributed by atoms with E-state index in [0.29, 0.717) is 23.8 Å². The number of carbonyl (C=O) groups is 1. The second kappa shape index (κ2) is 10.5. The average molecular weight is 470 g/mol. The maximum absolute atomic E-state index is 13.4. The summed E-state index contributed by atoms with van der Waals surface area (Å²) in [6.45, 7) is 2.19. The first-order valence-corrected chi connectivity index (χ1v) is 11.8. The van der Waals surface area contributed by atoms with Gasteiger partial charge in [-0.3, -0.25) is 4.79 Å². The van der Waals surface area contributed by atoms with Gasteiger partial charge in [0.15, 0.2) is 0 Å². The summed E-state index contributed by atoms with van der Waals surface area (Å²) in [7, 11) is 0. The Balaban J connectivity index is 1.45. The van der Waals surface area contributed by atoms with Crippen LogP contribution >= 0.6 is 0 Å². The quantitative estimate of drug-likeness (QED) is 0.374. The van der Waals surface area contributed by atoms with Crippen LogP contribution in [0.2, 0.25) is 0 Å². The molecular weight excluding hydrogens is 439 g/mol. The lowest BCUT2D eigenvalue weighted by atomic mass is 9.81. The molecule has 0 radical (unpaired) electrons. The maximum Gasteiger partial charge on any atom is 0.416 e. The molecule has 1 aliphatic rings. The highest BCUT2D eigenvalue weighted by Gasteiger charge is 2.32. The molecule has 0 unspecified atom stereocenters.